The Morgan fingerprint density at radius 2 is 1.51 bits per heavy atom. The number of nitrogens with one attached hydrogen (secondary N) is 2. The van der Waals surface area contributed by atoms with Gasteiger partial charge in [-0.15, -0.1) is 0 Å². The average Bonchev–Trinajstić information content (AvgIpc) is 2.93. The van der Waals surface area contributed by atoms with E-state index in [0.29, 0.717) is 41.4 Å². The van der Waals surface area contributed by atoms with Gasteiger partial charge in [0.05, 0.1) is 0 Å². The molecule has 37 heavy (non-hydrogen) atoms. The molecule has 6 N–H and O–H groups in total. The lowest BCUT2D eigenvalue weighted by molar-refractivity contribution is -0.130. The minimum absolute atomic E-state index is 0.0883. The minimum Gasteiger partial charge on any atom is -0.399 e. The Hall–Kier alpha value is -3.97. The summed E-state index contributed by atoms with van der Waals surface area (Å²) in [6, 6.07) is 22.3. The number of anilines is 2. The molecule has 0 saturated heterocycles. The van der Waals surface area contributed by atoms with Crippen LogP contribution in [0, 0.1) is 11.8 Å². The van der Waals surface area contributed by atoms with Crippen LogP contribution in [0.4, 0.5) is 11.4 Å². The van der Waals surface area contributed by atoms with Crippen LogP contribution < -0.4 is 22.1 Å². The van der Waals surface area contributed by atoms with Gasteiger partial charge in [-0.3, -0.25) is 14.4 Å². The van der Waals surface area contributed by atoms with Crippen molar-refractivity contribution in [2.75, 3.05) is 17.6 Å². The predicted molar refractivity (Wildman–Crippen MR) is 146 cm³/mol. The van der Waals surface area contributed by atoms with E-state index in [0.717, 1.165) is 31.2 Å². The maximum absolute atomic E-state index is 13.3. The predicted octanol–water partition coefficient (Wildman–Crippen LogP) is 3.93. The summed E-state index contributed by atoms with van der Waals surface area (Å²) in [5, 5.41) is 5.88. The van der Waals surface area contributed by atoms with Gasteiger partial charge in [-0.25, -0.2) is 0 Å². The molecule has 1 fully saturated rings. The number of nitrogen functional groups attached to an aromatic ring is 1. The van der Waals surface area contributed by atoms with Crippen molar-refractivity contribution in [1.29, 1.82) is 0 Å². The van der Waals surface area contributed by atoms with Gasteiger partial charge in [0, 0.05) is 34.8 Å². The number of carbonyl (C=O) groups excluding carboxylic acids is 3. The molecule has 1 saturated carbocycles. The van der Waals surface area contributed by atoms with Crippen LogP contribution in [0.1, 0.15) is 47.2 Å². The maximum atomic E-state index is 13.3. The Kier molecular flexibility index (Phi) is 8.69. The highest BCUT2D eigenvalue weighted by Crippen LogP contribution is 2.28. The van der Waals surface area contributed by atoms with Crippen LogP contribution in [0.2, 0.25) is 0 Å². The van der Waals surface area contributed by atoms with Gasteiger partial charge in [-0.05, 0) is 80.1 Å². The third-order valence-corrected chi connectivity index (χ3v) is 7.03. The topological polar surface area (TPSA) is 127 Å². The molecule has 0 aromatic heterocycles. The van der Waals surface area contributed by atoms with Crippen LogP contribution in [0.25, 0.3) is 0 Å². The molecule has 3 aromatic carbocycles. The Bertz CT molecular complexity index is 1220. The van der Waals surface area contributed by atoms with Crippen molar-refractivity contribution in [3.05, 3.63) is 95.6 Å². The minimum atomic E-state index is -0.771. The van der Waals surface area contributed by atoms with Crippen molar-refractivity contribution in [1.82, 2.24) is 5.32 Å². The highest BCUT2D eigenvalue weighted by atomic mass is 16.2. The Labute approximate surface area is 217 Å². The fraction of sp³-hybridized carbons (Fsp3) is 0.300. The number of hydrogen-bond donors (Lipinski definition) is 4. The summed E-state index contributed by atoms with van der Waals surface area (Å²) < 4.78 is 0. The fourth-order valence-electron chi connectivity index (χ4n) is 4.81. The largest absolute Gasteiger partial charge is 0.399 e. The van der Waals surface area contributed by atoms with E-state index in [1.165, 1.54) is 0 Å². The quantitative estimate of drug-likeness (QED) is 0.263. The summed E-state index contributed by atoms with van der Waals surface area (Å²) in [6.07, 6.45) is 3.71. The van der Waals surface area contributed by atoms with Crippen LogP contribution in [0.5, 0.6) is 0 Å². The molecule has 1 atom stereocenters. The normalized spacial score (nSPS) is 18.0. The highest BCUT2D eigenvalue weighted by molar-refractivity contribution is 6.09. The molecule has 1 aliphatic rings. The number of amides is 2. The van der Waals surface area contributed by atoms with Gasteiger partial charge in [0.2, 0.25) is 11.8 Å². The molecule has 7 heteroatoms. The van der Waals surface area contributed by atoms with E-state index in [2.05, 4.69) is 10.6 Å². The molecule has 0 heterocycles. The van der Waals surface area contributed by atoms with E-state index >= 15 is 0 Å². The van der Waals surface area contributed by atoms with Gasteiger partial charge in [-0.1, -0.05) is 42.5 Å². The second kappa shape index (κ2) is 12.3. The average molecular weight is 499 g/mol. The number of benzene rings is 3. The van der Waals surface area contributed by atoms with Crippen molar-refractivity contribution < 1.29 is 14.4 Å². The van der Waals surface area contributed by atoms with Crippen LogP contribution in [-0.4, -0.2) is 30.2 Å². The van der Waals surface area contributed by atoms with Crippen LogP contribution in [0.15, 0.2) is 78.9 Å². The molecule has 3 aromatic rings. The lowest BCUT2D eigenvalue weighted by atomic mass is 9.81. The van der Waals surface area contributed by atoms with E-state index in [1.54, 1.807) is 42.5 Å². The van der Waals surface area contributed by atoms with Crippen LogP contribution in [0.3, 0.4) is 0 Å². The lowest BCUT2D eigenvalue weighted by Gasteiger charge is -2.28. The number of carbonyl (C=O) groups is 3. The van der Waals surface area contributed by atoms with E-state index in [1.807, 2.05) is 36.4 Å². The molecule has 192 valence electrons. The first-order chi connectivity index (χ1) is 17.9. The van der Waals surface area contributed by atoms with Gasteiger partial charge in [0.15, 0.2) is 5.78 Å². The van der Waals surface area contributed by atoms with Gasteiger partial charge in [-0.2, -0.15) is 0 Å². The zero-order valence-electron chi connectivity index (χ0n) is 20.9. The molecule has 7 nitrogen and oxygen atoms in total. The van der Waals surface area contributed by atoms with Crippen molar-refractivity contribution in [2.45, 2.75) is 38.1 Å². The third kappa shape index (κ3) is 7.05. The fourth-order valence-corrected chi connectivity index (χ4v) is 4.81. The maximum Gasteiger partial charge on any atom is 0.247 e. The van der Waals surface area contributed by atoms with Gasteiger partial charge in [0.1, 0.15) is 6.04 Å². The molecular weight excluding hydrogens is 464 g/mol. The standard InChI is InChI=1S/C30H34N4O3/c31-19-20-9-11-24(12-10-20)29(36)34-27(18-21-5-4-8-25(32)17-21)30(37)33-26-15-13-23(14-16-26)28(35)22-6-2-1-3-7-22/h1-8,13-17,20,24,27H,9-12,18-19,31-32H2,(H,33,37)(H,34,36). The summed E-state index contributed by atoms with van der Waals surface area (Å²) >= 11 is 0. The molecular formula is C30H34N4O3. The zero-order valence-corrected chi connectivity index (χ0v) is 20.9. The Morgan fingerprint density at radius 3 is 2.16 bits per heavy atom. The monoisotopic (exact) mass is 498 g/mol. The summed E-state index contributed by atoms with van der Waals surface area (Å²) in [5.74, 6) is -0.180. The van der Waals surface area contributed by atoms with Crippen LogP contribution >= 0.6 is 0 Å². The second-order valence-corrected chi connectivity index (χ2v) is 9.73. The molecule has 4 rings (SSSR count). The molecule has 0 aliphatic heterocycles. The summed E-state index contributed by atoms with van der Waals surface area (Å²) in [5.41, 5.74) is 14.9. The molecule has 1 aliphatic carbocycles. The highest BCUT2D eigenvalue weighted by Gasteiger charge is 2.29. The van der Waals surface area contributed by atoms with Gasteiger partial charge in [0.25, 0.3) is 0 Å². The van der Waals surface area contributed by atoms with E-state index in [4.69, 9.17) is 11.5 Å². The summed E-state index contributed by atoms with van der Waals surface area (Å²) in [4.78, 5) is 39.1. The first kappa shape index (κ1) is 26.1. The summed E-state index contributed by atoms with van der Waals surface area (Å²) in [6.45, 7) is 0.643. The van der Waals surface area contributed by atoms with Gasteiger partial charge < -0.3 is 22.1 Å². The molecule has 0 bridgehead atoms. The Morgan fingerprint density at radius 1 is 0.838 bits per heavy atom. The number of rotatable bonds is 9. The molecule has 0 spiro atoms. The number of hydrogen-bond acceptors (Lipinski definition) is 5. The zero-order chi connectivity index (χ0) is 26.2. The third-order valence-electron chi connectivity index (χ3n) is 7.03. The van der Waals surface area contributed by atoms with Crippen molar-refractivity contribution in [2.24, 2.45) is 17.6 Å². The lowest BCUT2D eigenvalue weighted by Crippen LogP contribution is -2.48. The van der Waals surface area contributed by atoms with E-state index in [-0.39, 0.29) is 23.5 Å². The van der Waals surface area contributed by atoms with Crippen molar-refractivity contribution in [3.8, 4) is 0 Å². The second-order valence-electron chi connectivity index (χ2n) is 9.73. The smallest absolute Gasteiger partial charge is 0.247 e. The SMILES string of the molecule is NCC1CCC(C(=O)NC(Cc2cccc(N)c2)C(=O)Nc2ccc(C(=O)c3ccccc3)cc2)CC1. The summed E-state index contributed by atoms with van der Waals surface area (Å²) in [7, 11) is 0. The number of nitrogens with two attached hydrogens (primary N) is 2. The van der Waals surface area contributed by atoms with Crippen LogP contribution in [-0.2, 0) is 16.0 Å². The molecule has 0 radical (unpaired) electrons. The van der Waals surface area contributed by atoms with Gasteiger partial charge >= 0.3 is 0 Å². The van der Waals surface area contributed by atoms with Crippen molar-refractivity contribution in [3.63, 3.8) is 0 Å². The molecule has 1 unspecified atom stereocenters. The first-order valence-electron chi connectivity index (χ1n) is 12.8. The van der Waals surface area contributed by atoms with E-state index in [9.17, 15) is 14.4 Å². The van der Waals surface area contributed by atoms with Crippen molar-refractivity contribution >= 4 is 29.0 Å². The first-order valence-corrected chi connectivity index (χ1v) is 12.8. The number of ketones is 1. The Balaban J connectivity index is 1.45. The molecule has 2 amide bonds. The van der Waals surface area contributed by atoms with E-state index < -0.39 is 6.04 Å².